The van der Waals surface area contributed by atoms with E-state index in [1.54, 1.807) is 0 Å². The van der Waals surface area contributed by atoms with E-state index in [-0.39, 0.29) is 10.9 Å². The minimum Gasteiger partial charge on any atom is -0.504 e. The number of hydrogen-bond donors (Lipinski definition) is 1. The molecule has 0 unspecified atom stereocenters. The van der Waals surface area contributed by atoms with E-state index >= 15 is 0 Å². The van der Waals surface area contributed by atoms with Crippen molar-refractivity contribution >= 4 is 22.9 Å². The summed E-state index contributed by atoms with van der Waals surface area (Å²) in [6.45, 7) is 0. The Kier molecular flexibility index (Phi) is 1.78. The fraction of sp³-hybridized carbons (Fsp3) is 0. The van der Waals surface area contributed by atoms with Gasteiger partial charge in [0.15, 0.2) is 10.9 Å². The Morgan fingerprint density at radius 2 is 2.42 bits per heavy atom. The van der Waals surface area contributed by atoms with Crippen LogP contribution < -0.4 is 0 Å². The van der Waals surface area contributed by atoms with Gasteiger partial charge in [0.1, 0.15) is 5.00 Å². The van der Waals surface area contributed by atoms with Gasteiger partial charge in [0.25, 0.3) is 0 Å². The van der Waals surface area contributed by atoms with Gasteiger partial charge in [-0.25, -0.2) is 4.68 Å². The van der Waals surface area contributed by atoms with Gasteiger partial charge in [-0.1, -0.05) is 11.6 Å². The van der Waals surface area contributed by atoms with Gasteiger partial charge >= 0.3 is 0 Å². The van der Waals surface area contributed by atoms with Crippen LogP contribution in [0.5, 0.6) is 5.75 Å². The molecule has 0 saturated carbocycles. The molecule has 0 amide bonds. The summed E-state index contributed by atoms with van der Waals surface area (Å²) in [5, 5.41) is 16.1. The fourth-order valence-electron chi connectivity index (χ4n) is 0.869. The molecular weight excluding hydrogens is 196 g/mol. The average Bonchev–Trinajstić information content (AvgIpc) is 2.64. The zero-order chi connectivity index (χ0) is 8.55. The van der Waals surface area contributed by atoms with Gasteiger partial charge in [-0.05, 0) is 17.5 Å². The van der Waals surface area contributed by atoms with Crippen molar-refractivity contribution in [1.82, 2.24) is 9.78 Å². The highest BCUT2D eigenvalue weighted by Gasteiger charge is 2.08. The summed E-state index contributed by atoms with van der Waals surface area (Å²) in [5.41, 5.74) is 0. The van der Waals surface area contributed by atoms with E-state index in [1.165, 1.54) is 22.2 Å². The van der Waals surface area contributed by atoms with Crippen molar-refractivity contribution in [2.45, 2.75) is 0 Å². The number of hydrogen-bond acceptors (Lipinski definition) is 3. The van der Waals surface area contributed by atoms with Crippen molar-refractivity contribution in [3.05, 3.63) is 28.9 Å². The van der Waals surface area contributed by atoms with Gasteiger partial charge in [-0.2, -0.15) is 5.10 Å². The van der Waals surface area contributed by atoms with Crippen LogP contribution in [0.15, 0.2) is 23.7 Å². The van der Waals surface area contributed by atoms with Gasteiger partial charge in [0, 0.05) is 0 Å². The maximum Gasteiger partial charge on any atom is 0.175 e. The molecule has 2 aromatic heterocycles. The van der Waals surface area contributed by atoms with Gasteiger partial charge in [0.2, 0.25) is 0 Å². The maximum absolute atomic E-state index is 9.13. The Morgan fingerprint density at radius 1 is 1.58 bits per heavy atom. The first kappa shape index (κ1) is 7.64. The van der Waals surface area contributed by atoms with Gasteiger partial charge in [0.05, 0.1) is 6.20 Å². The van der Waals surface area contributed by atoms with Crippen LogP contribution in [-0.4, -0.2) is 14.9 Å². The minimum atomic E-state index is 0.00469. The lowest BCUT2D eigenvalue weighted by molar-refractivity contribution is 0.475. The summed E-state index contributed by atoms with van der Waals surface area (Å²) in [5.74, 6) is 0.00469. The molecule has 0 aliphatic carbocycles. The van der Waals surface area contributed by atoms with Crippen LogP contribution in [0.25, 0.3) is 5.00 Å². The summed E-state index contributed by atoms with van der Waals surface area (Å²) in [7, 11) is 0. The third kappa shape index (κ3) is 1.09. The van der Waals surface area contributed by atoms with Crippen LogP contribution >= 0.6 is 22.9 Å². The predicted molar refractivity (Wildman–Crippen MR) is 48.1 cm³/mol. The Labute approximate surface area is 77.8 Å². The Balaban J connectivity index is 2.55. The highest BCUT2D eigenvalue weighted by atomic mass is 35.5. The van der Waals surface area contributed by atoms with Crippen molar-refractivity contribution in [3.8, 4) is 10.8 Å². The van der Waals surface area contributed by atoms with Crippen LogP contribution in [0.4, 0.5) is 0 Å². The van der Waals surface area contributed by atoms with E-state index in [4.69, 9.17) is 16.7 Å². The zero-order valence-electron chi connectivity index (χ0n) is 5.94. The van der Waals surface area contributed by atoms with Crippen molar-refractivity contribution in [1.29, 1.82) is 0 Å². The lowest BCUT2D eigenvalue weighted by Gasteiger charge is -1.96. The molecule has 0 radical (unpaired) electrons. The number of halogens is 1. The summed E-state index contributed by atoms with van der Waals surface area (Å²) in [6, 6.07) is 3.78. The quantitative estimate of drug-likeness (QED) is 0.767. The minimum absolute atomic E-state index is 0.00469. The smallest absolute Gasteiger partial charge is 0.175 e. The van der Waals surface area contributed by atoms with Crippen molar-refractivity contribution in [2.24, 2.45) is 0 Å². The topological polar surface area (TPSA) is 38.1 Å². The standard InChI is InChI=1S/C7H5ClN2OS/c8-7-5(11)4-9-10(7)6-2-1-3-12-6/h1-4,11H. The summed E-state index contributed by atoms with van der Waals surface area (Å²) in [4.78, 5) is 0. The van der Waals surface area contributed by atoms with Crippen molar-refractivity contribution < 1.29 is 5.11 Å². The van der Waals surface area contributed by atoms with Crippen LogP contribution in [0.1, 0.15) is 0 Å². The number of nitrogens with zero attached hydrogens (tertiary/aromatic N) is 2. The second-order valence-corrected chi connectivity index (χ2v) is 3.47. The lowest BCUT2D eigenvalue weighted by Crippen LogP contribution is -1.91. The molecule has 0 saturated heterocycles. The second-order valence-electron chi connectivity index (χ2n) is 2.18. The molecule has 2 rings (SSSR count). The largest absolute Gasteiger partial charge is 0.504 e. The molecule has 0 aromatic carbocycles. The fourth-order valence-corrected chi connectivity index (χ4v) is 1.79. The van der Waals surface area contributed by atoms with Crippen LogP contribution in [-0.2, 0) is 0 Å². The van der Waals surface area contributed by atoms with Gasteiger partial charge < -0.3 is 5.11 Å². The SMILES string of the molecule is Oc1cnn(-c2cccs2)c1Cl. The monoisotopic (exact) mass is 200 g/mol. The number of thiophene rings is 1. The first-order valence-corrected chi connectivity index (χ1v) is 4.51. The third-order valence-corrected chi connectivity index (χ3v) is 2.61. The molecule has 5 heteroatoms. The van der Waals surface area contributed by atoms with E-state index in [0.717, 1.165) is 5.00 Å². The molecule has 0 spiro atoms. The molecule has 3 nitrogen and oxygen atoms in total. The van der Waals surface area contributed by atoms with Crippen LogP contribution in [0.3, 0.4) is 0 Å². The van der Waals surface area contributed by atoms with E-state index in [2.05, 4.69) is 5.10 Å². The molecule has 0 aliphatic rings. The summed E-state index contributed by atoms with van der Waals surface area (Å²) in [6.07, 6.45) is 1.32. The number of rotatable bonds is 1. The van der Waals surface area contributed by atoms with Crippen LogP contribution in [0, 0.1) is 0 Å². The molecule has 2 aromatic rings. The summed E-state index contributed by atoms with van der Waals surface area (Å²) < 4.78 is 1.49. The zero-order valence-corrected chi connectivity index (χ0v) is 7.51. The van der Waals surface area contributed by atoms with Crippen LogP contribution in [0.2, 0.25) is 5.15 Å². The van der Waals surface area contributed by atoms with Gasteiger partial charge in [-0.3, -0.25) is 0 Å². The van der Waals surface area contributed by atoms with E-state index in [9.17, 15) is 0 Å². The molecular formula is C7H5ClN2OS. The number of aromatic nitrogens is 2. The molecule has 0 fully saturated rings. The lowest BCUT2D eigenvalue weighted by atomic mass is 10.6. The van der Waals surface area contributed by atoms with E-state index < -0.39 is 0 Å². The molecule has 62 valence electrons. The highest BCUT2D eigenvalue weighted by molar-refractivity contribution is 7.12. The molecule has 12 heavy (non-hydrogen) atoms. The first-order valence-electron chi connectivity index (χ1n) is 3.25. The molecule has 0 atom stereocenters. The molecule has 2 heterocycles. The second kappa shape index (κ2) is 2.80. The van der Waals surface area contributed by atoms with Gasteiger partial charge in [-0.15, -0.1) is 11.3 Å². The summed E-state index contributed by atoms with van der Waals surface area (Å²) >= 11 is 7.27. The predicted octanol–water partition coefficient (Wildman–Crippen LogP) is 2.29. The normalized spacial score (nSPS) is 10.4. The highest BCUT2D eigenvalue weighted by Crippen LogP contribution is 2.26. The molecule has 1 N–H and O–H groups in total. The first-order chi connectivity index (χ1) is 5.79. The van der Waals surface area contributed by atoms with E-state index in [1.807, 2.05) is 17.5 Å². The average molecular weight is 201 g/mol. The Hall–Kier alpha value is -1.00. The molecule has 0 bridgehead atoms. The maximum atomic E-state index is 9.13. The Bertz CT molecular complexity index is 382. The van der Waals surface area contributed by atoms with Crippen molar-refractivity contribution in [3.63, 3.8) is 0 Å². The number of aromatic hydroxyl groups is 1. The van der Waals surface area contributed by atoms with E-state index in [0.29, 0.717) is 0 Å². The Morgan fingerprint density at radius 3 is 2.92 bits per heavy atom. The molecule has 0 aliphatic heterocycles. The van der Waals surface area contributed by atoms with Crippen molar-refractivity contribution in [2.75, 3.05) is 0 Å². The third-order valence-electron chi connectivity index (χ3n) is 1.41.